The average Bonchev–Trinajstić information content (AvgIpc) is 2.54. The molecule has 1 aliphatic rings. The summed E-state index contributed by atoms with van der Waals surface area (Å²) in [7, 11) is -1.99. The van der Waals surface area contributed by atoms with Crippen molar-refractivity contribution >= 4 is 21.6 Å². The van der Waals surface area contributed by atoms with Crippen molar-refractivity contribution in [2.75, 3.05) is 38.1 Å². The van der Waals surface area contributed by atoms with E-state index < -0.39 is 10.0 Å². The summed E-state index contributed by atoms with van der Waals surface area (Å²) in [4.78, 5) is 15.9. The van der Waals surface area contributed by atoms with Crippen LogP contribution in [0.3, 0.4) is 0 Å². The summed E-state index contributed by atoms with van der Waals surface area (Å²) >= 11 is 0. The summed E-state index contributed by atoms with van der Waals surface area (Å²) < 4.78 is 25.6. The zero-order valence-corrected chi connectivity index (χ0v) is 13.2. The maximum atomic E-state index is 11.7. The van der Waals surface area contributed by atoms with Crippen LogP contribution in [-0.4, -0.2) is 52.5 Å². The minimum absolute atomic E-state index is 0.185. The van der Waals surface area contributed by atoms with Gasteiger partial charge in [-0.05, 0) is 31.3 Å². The van der Waals surface area contributed by atoms with E-state index in [4.69, 9.17) is 0 Å². The molecule has 1 heterocycles. The van der Waals surface area contributed by atoms with Gasteiger partial charge < -0.3 is 9.80 Å². The van der Waals surface area contributed by atoms with Crippen LogP contribution in [0.15, 0.2) is 29.2 Å². The molecular formula is C14H21N3O3S. The van der Waals surface area contributed by atoms with E-state index in [0.717, 1.165) is 18.8 Å². The smallest absolute Gasteiger partial charge is 0.240 e. The number of benzene rings is 1. The molecule has 21 heavy (non-hydrogen) atoms. The molecule has 6 nitrogen and oxygen atoms in total. The van der Waals surface area contributed by atoms with E-state index in [1.54, 1.807) is 12.1 Å². The van der Waals surface area contributed by atoms with E-state index in [0.29, 0.717) is 19.5 Å². The Morgan fingerprint density at radius 2 is 1.71 bits per heavy atom. The van der Waals surface area contributed by atoms with Crippen LogP contribution in [0.2, 0.25) is 0 Å². The fourth-order valence-electron chi connectivity index (χ4n) is 2.39. The molecule has 0 spiro atoms. The molecule has 1 aliphatic heterocycles. The average molecular weight is 311 g/mol. The van der Waals surface area contributed by atoms with Crippen LogP contribution in [0.25, 0.3) is 0 Å². The molecule has 0 bridgehead atoms. The monoisotopic (exact) mass is 311 g/mol. The Kier molecular flexibility index (Phi) is 4.84. The summed E-state index contributed by atoms with van der Waals surface area (Å²) in [6.45, 7) is 4.83. The van der Waals surface area contributed by atoms with Crippen LogP contribution in [0.4, 0.5) is 5.69 Å². The number of nitrogens with zero attached hydrogens (tertiary/aromatic N) is 2. The van der Waals surface area contributed by atoms with Gasteiger partial charge in [0.25, 0.3) is 0 Å². The lowest BCUT2D eigenvalue weighted by atomic mass is 10.2. The Morgan fingerprint density at radius 3 is 2.19 bits per heavy atom. The number of hydrogen-bond acceptors (Lipinski definition) is 4. The van der Waals surface area contributed by atoms with Crippen LogP contribution < -0.4 is 9.62 Å². The first kappa shape index (κ1) is 15.8. The number of nitrogens with one attached hydrogen (secondary N) is 1. The van der Waals surface area contributed by atoms with E-state index in [-0.39, 0.29) is 10.8 Å². The Morgan fingerprint density at radius 1 is 1.14 bits per heavy atom. The lowest BCUT2D eigenvalue weighted by Gasteiger charge is -2.36. The Hall–Kier alpha value is -1.60. The minimum atomic E-state index is -3.39. The van der Waals surface area contributed by atoms with Crippen LogP contribution in [0.5, 0.6) is 0 Å². The van der Waals surface area contributed by atoms with Gasteiger partial charge in [-0.15, -0.1) is 0 Å². The standard InChI is InChI=1S/C14H21N3O3S/c1-3-14(18)17-10-8-16(9-11-17)12-4-6-13(7-5-12)21(19,20)15-2/h4-7,15H,3,8-11H2,1-2H3. The van der Waals surface area contributed by atoms with Crippen molar-refractivity contribution in [1.29, 1.82) is 0 Å². The maximum absolute atomic E-state index is 11.7. The molecule has 1 aromatic rings. The predicted octanol–water partition coefficient (Wildman–Crippen LogP) is 0.653. The number of carbonyl (C=O) groups is 1. The first-order chi connectivity index (χ1) is 9.97. The highest BCUT2D eigenvalue weighted by molar-refractivity contribution is 7.89. The Balaban J connectivity index is 2.03. The van der Waals surface area contributed by atoms with E-state index >= 15 is 0 Å². The van der Waals surface area contributed by atoms with Crippen molar-refractivity contribution in [3.63, 3.8) is 0 Å². The van der Waals surface area contributed by atoms with Crippen molar-refractivity contribution in [1.82, 2.24) is 9.62 Å². The number of piperazine rings is 1. The molecule has 1 N–H and O–H groups in total. The maximum Gasteiger partial charge on any atom is 0.240 e. The summed E-state index contributed by atoms with van der Waals surface area (Å²) in [5.41, 5.74) is 0.980. The summed E-state index contributed by atoms with van der Waals surface area (Å²) in [5.74, 6) is 0.185. The molecule has 1 saturated heterocycles. The predicted molar refractivity (Wildman–Crippen MR) is 81.8 cm³/mol. The molecule has 0 aromatic heterocycles. The molecular weight excluding hydrogens is 290 g/mol. The number of sulfonamides is 1. The van der Waals surface area contributed by atoms with E-state index in [1.165, 1.54) is 7.05 Å². The Labute approximate surface area is 125 Å². The van der Waals surface area contributed by atoms with E-state index in [9.17, 15) is 13.2 Å². The third kappa shape index (κ3) is 3.54. The number of anilines is 1. The van der Waals surface area contributed by atoms with E-state index in [2.05, 4.69) is 9.62 Å². The second kappa shape index (κ2) is 6.44. The van der Waals surface area contributed by atoms with Gasteiger partial charge in [0.15, 0.2) is 0 Å². The van der Waals surface area contributed by atoms with Crippen molar-refractivity contribution in [2.45, 2.75) is 18.2 Å². The second-order valence-electron chi connectivity index (χ2n) is 4.92. The third-order valence-corrected chi connectivity index (χ3v) is 5.15. The molecule has 1 aromatic carbocycles. The molecule has 116 valence electrons. The number of rotatable bonds is 4. The molecule has 0 aliphatic carbocycles. The Bertz CT molecular complexity index is 590. The number of amides is 1. The molecule has 7 heteroatoms. The van der Waals surface area contributed by atoms with Crippen LogP contribution >= 0.6 is 0 Å². The topological polar surface area (TPSA) is 69.7 Å². The SMILES string of the molecule is CCC(=O)N1CCN(c2ccc(S(=O)(=O)NC)cc2)CC1. The lowest BCUT2D eigenvalue weighted by molar-refractivity contribution is -0.131. The highest BCUT2D eigenvalue weighted by Gasteiger charge is 2.20. The van der Waals surface area contributed by atoms with Gasteiger partial charge in [-0.3, -0.25) is 4.79 Å². The highest BCUT2D eigenvalue weighted by atomic mass is 32.2. The fraction of sp³-hybridized carbons (Fsp3) is 0.500. The molecule has 1 fully saturated rings. The minimum Gasteiger partial charge on any atom is -0.368 e. The van der Waals surface area contributed by atoms with Gasteiger partial charge in [0.05, 0.1) is 4.90 Å². The van der Waals surface area contributed by atoms with Gasteiger partial charge in [-0.2, -0.15) is 0 Å². The second-order valence-corrected chi connectivity index (χ2v) is 6.81. The molecule has 0 atom stereocenters. The molecule has 0 radical (unpaired) electrons. The third-order valence-electron chi connectivity index (χ3n) is 3.72. The van der Waals surface area contributed by atoms with Gasteiger partial charge in [0.2, 0.25) is 15.9 Å². The number of carbonyl (C=O) groups excluding carboxylic acids is 1. The largest absolute Gasteiger partial charge is 0.368 e. The van der Waals surface area contributed by atoms with Crippen molar-refractivity contribution < 1.29 is 13.2 Å². The molecule has 0 unspecified atom stereocenters. The van der Waals surface area contributed by atoms with Gasteiger partial charge in [0.1, 0.15) is 0 Å². The molecule has 2 rings (SSSR count). The van der Waals surface area contributed by atoms with Crippen molar-refractivity contribution in [3.8, 4) is 0 Å². The van der Waals surface area contributed by atoms with Crippen LogP contribution in [0.1, 0.15) is 13.3 Å². The number of hydrogen-bond donors (Lipinski definition) is 1. The van der Waals surface area contributed by atoms with Gasteiger partial charge in [-0.25, -0.2) is 13.1 Å². The summed E-state index contributed by atoms with van der Waals surface area (Å²) in [6, 6.07) is 6.82. The van der Waals surface area contributed by atoms with Gasteiger partial charge in [0, 0.05) is 38.3 Å². The summed E-state index contributed by atoms with van der Waals surface area (Å²) in [5, 5.41) is 0. The highest BCUT2D eigenvalue weighted by Crippen LogP contribution is 2.19. The van der Waals surface area contributed by atoms with Crippen LogP contribution in [0, 0.1) is 0 Å². The molecule has 0 saturated carbocycles. The zero-order chi connectivity index (χ0) is 15.5. The first-order valence-corrected chi connectivity index (χ1v) is 8.52. The normalized spacial score (nSPS) is 16.1. The summed E-state index contributed by atoms with van der Waals surface area (Å²) in [6.07, 6.45) is 0.538. The fourth-order valence-corrected chi connectivity index (χ4v) is 3.12. The van der Waals surface area contributed by atoms with E-state index in [1.807, 2.05) is 24.0 Å². The first-order valence-electron chi connectivity index (χ1n) is 7.04. The quantitative estimate of drug-likeness (QED) is 0.886. The van der Waals surface area contributed by atoms with Crippen LogP contribution in [-0.2, 0) is 14.8 Å². The van der Waals surface area contributed by atoms with Gasteiger partial charge in [-0.1, -0.05) is 6.92 Å². The van der Waals surface area contributed by atoms with Gasteiger partial charge >= 0.3 is 0 Å². The molecule has 1 amide bonds. The lowest BCUT2D eigenvalue weighted by Crippen LogP contribution is -2.48. The zero-order valence-electron chi connectivity index (χ0n) is 12.4. The van der Waals surface area contributed by atoms with Crippen molar-refractivity contribution in [2.24, 2.45) is 0 Å². The van der Waals surface area contributed by atoms with Crippen molar-refractivity contribution in [3.05, 3.63) is 24.3 Å².